The summed E-state index contributed by atoms with van der Waals surface area (Å²) in [6.07, 6.45) is 19.1. The van der Waals surface area contributed by atoms with E-state index in [4.69, 9.17) is 0 Å². The minimum Gasteiger partial charge on any atom is -0.356 e. The Morgan fingerprint density at radius 2 is 1.43 bits per heavy atom. The first-order valence-corrected chi connectivity index (χ1v) is 9.42. The summed E-state index contributed by atoms with van der Waals surface area (Å²) in [5, 5.41) is 0. The van der Waals surface area contributed by atoms with E-state index in [-0.39, 0.29) is 0 Å². The van der Waals surface area contributed by atoms with Gasteiger partial charge in [0.1, 0.15) is 6.17 Å². The number of unbranched alkanes of at least 4 members (excludes halogenated alkanes) is 7. The SMILES string of the molecule is CCCCCCCCCCC1N(CCC)C=CN1C(C)C. The maximum Gasteiger partial charge on any atom is 0.101 e. The van der Waals surface area contributed by atoms with Gasteiger partial charge >= 0.3 is 0 Å². The van der Waals surface area contributed by atoms with Crippen molar-refractivity contribution in [2.45, 2.75) is 104 Å². The van der Waals surface area contributed by atoms with Crippen molar-refractivity contribution in [3.05, 3.63) is 12.4 Å². The van der Waals surface area contributed by atoms with E-state index < -0.39 is 0 Å². The molecule has 0 fully saturated rings. The fourth-order valence-electron chi connectivity index (χ4n) is 3.31. The summed E-state index contributed by atoms with van der Waals surface area (Å²) in [7, 11) is 0. The van der Waals surface area contributed by atoms with Crippen molar-refractivity contribution in [1.82, 2.24) is 9.80 Å². The summed E-state index contributed by atoms with van der Waals surface area (Å²) in [5.74, 6) is 0. The zero-order valence-electron chi connectivity index (χ0n) is 15.0. The highest BCUT2D eigenvalue weighted by Crippen LogP contribution is 2.24. The largest absolute Gasteiger partial charge is 0.356 e. The smallest absolute Gasteiger partial charge is 0.101 e. The lowest BCUT2D eigenvalue weighted by Crippen LogP contribution is -2.42. The minimum absolute atomic E-state index is 0.613. The van der Waals surface area contributed by atoms with Crippen molar-refractivity contribution in [2.75, 3.05) is 6.54 Å². The first kappa shape index (κ1) is 18.4. The second-order valence-corrected chi connectivity index (χ2v) is 6.82. The van der Waals surface area contributed by atoms with Crippen LogP contribution in [0, 0.1) is 0 Å². The first-order chi connectivity index (χ1) is 10.2. The molecule has 0 radical (unpaired) electrons. The van der Waals surface area contributed by atoms with Crippen molar-refractivity contribution in [3.8, 4) is 0 Å². The molecule has 0 bridgehead atoms. The Morgan fingerprint density at radius 1 is 0.810 bits per heavy atom. The zero-order valence-corrected chi connectivity index (χ0v) is 15.0. The van der Waals surface area contributed by atoms with Gasteiger partial charge in [0.05, 0.1) is 0 Å². The van der Waals surface area contributed by atoms with E-state index in [2.05, 4.69) is 49.9 Å². The molecule has 0 saturated carbocycles. The molecular weight excluding hydrogens is 256 g/mol. The van der Waals surface area contributed by atoms with Crippen LogP contribution < -0.4 is 0 Å². The molecule has 1 unspecified atom stereocenters. The van der Waals surface area contributed by atoms with Gasteiger partial charge in [0.25, 0.3) is 0 Å². The van der Waals surface area contributed by atoms with E-state index in [1.165, 1.54) is 70.8 Å². The molecule has 1 aliphatic heterocycles. The standard InChI is InChI=1S/C19H38N2/c1-5-7-8-9-10-11-12-13-14-19-20(15-6-2)16-17-21(19)18(3)4/h16-19H,5-15H2,1-4H3. The van der Waals surface area contributed by atoms with Crippen LogP contribution in [0.4, 0.5) is 0 Å². The van der Waals surface area contributed by atoms with E-state index in [0.29, 0.717) is 12.2 Å². The third-order valence-corrected chi connectivity index (χ3v) is 4.55. The van der Waals surface area contributed by atoms with Crippen molar-refractivity contribution in [3.63, 3.8) is 0 Å². The summed E-state index contributed by atoms with van der Waals surface area (Å²) in [6, 6.07) is 0.613. The van der Waals surface area contributed by atoms with Crippen LogP contribution in [0.5, 0.6) is 0 Å². The summed E-state index contributed by atoms with van der Waals surface area (Å²) in [5.41, 5.74) is 0. The fraction of sp³-hybridized carbons (Fsp3) is 0.895. The maximum absolute atomic E-state index is 2.54. The quantitative estimate of drug-likeness (QED) is 0.423. The molecule has 2 heteroatoms. The number of hydrogen-bond donors (Lipinski definition) is 0. The van der Waals surface area contributed by atoms with Gasteiger partial charge in [-0.15, -0.1) is 0 Å². The van der Waals surface area contributed by atoms with E-state index >= 15 is 0 Å². The second kappa shape index (κ2) is 11.0. The van der Waals surface area contributed by atoms with Gasteiger partial charge in [0.15, 0.2) is 0 Å². The summed E-state index contributed by atoms with van der Waals surface area (Å²) in [6.45, 7) is 10.4. The van der Waals surface area contributed by atoms with Crippen LogP contribution in [-0.4, -0.2) is 28.6 Å². The van der Waals surface area contributed by atoms with Crippen LogP contribution in [0.15, 0.2) is 12.4 Å². The van der Waals surface area contributed by atoms with E-state index in [0.717, 1.165) is 0 Å². The normalized spacial score (nSPS) is 18.2. The van der Waals surface area contributed by atoms with Crippen LogP contribution in [0.3, 0.4) is 0 Å². The monoisotopic (exact) mass is 294 g/mol. The summed E-state index contributed by atoms with van der Waals surface area (Å²) >= 11 is 0. The molecular formula is C19H38N2. The topological polar surface area (TPSA) is 6.48 Å². The van der Waals surface area contributed by atoms with Crippen LogP contribution in [0.1, 0.15) is 91.9 Å². The minimum atomic E-state index is 0.613. The molecule has 2 nitrogen and oxygen atoms in total. The van der Waals surface area contributed by atoms with E-state index in [9.17, 15) is 0 Å². The van der Waals surface area contributed by atoms with Gasteiger partial charge in [0, 0.05) is 25.0 Å². The fourth-order valence-corrected chi connectivity index (χ4v) is 3.31. The molecule has 1 atom stereocenters. The van der Waals surface area contributed by atoms with Crippen molar-refractivity contribution >= 4 is 0 Å². The lowest BCUT2D eigenvalue weighted by molar-refractivity contribution is 0.115. The van der Waals surface area contributed by atoms with E-state index in [1.54, 1.807) is 0 Å². The third-order valence-electron chi connectivity index (χ3n) is 4.55. The predicted molar refractivity (Wildman–Crippen MR) is 94.1 cm³/mol. The van der Waals surface area contributed by atoms with Crippen LogP contribution in [0.25, 0.3) is 0 Å². The third kappa shape index (κ3) is 6.76. The molecule has 124 valence electrons. The van der Waals surface area contributed by atoms with Crippen molar-refractivity contribution < 1.29 is 0 Å². The van der Waals surface area contributed by atoms with E-state index in [1.807, 2.05) is 0 Å². The van der Waals surface area contributed by atoms with Gasteiger partial charge in [0.2, 0.25) is 0 Å². The number of nitrogens with zero attached hydrogens (tertiary/aromatic N) is 2. The van der Waals surface area contributed by atoms with Crippen molar-refractivity contribution in [2.24, 2.45) is 0 Å². The zero-order chi connectivity index (χ0) is 15.5. The molecule has 0 spiro atoms. The van der Waals surface area contributed by atoms with Crippen molar-refractivity contribution in [1.29, 1.82) is 0 Å². The number of rotatable bonds is 12. The highest BCUT2D eigenvalue weighted by atomic mass is 15.4. The molecule has 0 aromatic heterocycles. The molecule has 0 aromatic rings. The molecule has 1 aliphatic rings. The molecule has 0 aliphatic carbocycles. The van der Waals surface area contributed by atoms with Gasteiger partial charge in [-0.2, -0.15) is 0 Å². The molecule has 0 aromatic carbocycles. The molecule has 21 heavy (non-hydrogen) atoms. The summed E-state index contributed by atoms with van der Waals surface area (Å²) < 4.78 is 0. The Labute approximate surface area is 133 Å². The Bertz CT molecular complexity index is 273. The molecule has 0 saturated heterocycles. The lowest BCUT2D eigenvalue weighted by Gasteiger charge is -2.35. The summed E-state index contributed by atoms with van der Waals surface area (Å²) in [4.78, 5) is 5.08. The molecule has 0 amide bonds. The highest BCUT2D eigenvalue weighted by molar-refractivity contribution is 4.98. The predicted octanol–water partition coefficient (Wildman–Crippen LogP) is 5.75. The van der Waals surface area contributed by atoms with Gasteiger partial charge in [-0.1, -0.05) is 58.8 Å². The second-order valence-electron chi connectivity index (χ2n) is 6.82. The van der Waals surface area contributed by atoms with Crippen LogP contribution >= 0.6 is 0 Å². The highest BCUT2D eigenvalue weighted by Gasteiger charge is 2.26. The Balaban J connectivity index is 2.18. The Hall–Kier alpha value is -0.660. The number of hydrogen-bond acceptors (Lipinski definition) is 2. The van der Waals surface area contributed by atoms with Gasteiger partial charge in [-0.3, -0.25) is 0 Å². The van der Waals surface area contributed by atoms with Crippen LogP contribution in [-0.2, 0) is 0 Å². The molecule has 1 rings (SSSR count). The average molecular weight is 295 g/mol. The van der Waals surface area contributed by atoms with Gasteiger partial charge in [-0.05, 0) is 33.1 Å². The van der Waals surface area contributed by atoms with Gasteiger partial charge in [-0.25, -0.2) is 0 Å². The maximum atomic E-state index is 2.54. The molecule has 0 N–H and O–H groups in total. The van der Waals surface area contributed by atoms with Gasteiger partial charge < -0.3 is 9.80 Å². The Kier molecular flexibility index (Phi) is 9.62. The van der Waals surface area contributed by atoms with Crippen LogP contribution in [0.2, 0.25) is 0 Å². The Morgan fingerprint density at radius 3 is 2.00 bits per heavy atom. The lowest BCUT2D eigenvalue weighted by atomic mass is 10.1. The first-order valence-electron chi connectivity index (χ1n) is 9.42. The average Bonchev–Trinajstić information content (AvgIpc) is 2.85. The molecule has 1 heterocycles.